The van der Waals surface area contributed by atoms with Crippen molar-refractivity contribution >= 4 is 17.3 Å². The normalized spacial score (nSPS) is 14.4. The van der Waals surface area contributed by atoms with Crippen molar-refractivity contribution in [2.45, 2.75) is 26.7 Å². The number of fused-ring (bicyclic) bond motifs is 1. The lowest BCUT2D eigenvalue weighted by Gasteiger charge is -2.19. The number of carbonyl (C=O) groups is 1. The molecule has 1 amide bonds. The number of amides is 1. The largest absolute Gasteiger partial charge is 0.491 e. The summed E-state index contributed by atoms with van der Waals surface area (Å²) in [6.45, 7) is 4.83. The minimum Gasteiger partial charge on any atom is -0.491 e. The van der Waals surface area contributed by atoms with E-state index in [-0.39, 0.29) is 5.91 Å². The van der Waals surface area contributed by atoms with Gasteiger partial charge in [0, 0.05) is 12.1 Å². The van der Waals surface area contributed by atoms with E-state index in [9.17, 15) is 4.79 Å². The maximum Gasteiger partial charge on any atom is 0.224 e. The quantitative estimate of drug-likeness (QED) is 0.788. The van der Waals surface area contributed by atoms with Crippen molar-refractivity contribution in [3.05, 3.63) is 17.7 Å². The molecule has 3 N–H and O–H groups in total. The maximum absolute atomic E-state index is 11.3. The Morgan fingerprint density at radius 2 is 2.18 bits per heavy atom. The van der Waals surface area contributed by atoms with E-state index in [4.69, 9.17) is 10.5 Å². The van der Waals surface area contributed by atoms with Gasteiger partial charge >= 0.3 is 0 Å². The lowest BCUT2D eigenvalue weighted by molar-refractivity contribution is -0.116. The van der Waals surface area contributed by atoms with Crippen LogP contribution in [0.15, 0.2) is 12.1 Å². The molecule has 1 aliphatic heterocycles. The van der Waals surface area contributed by atoms with Crippen LogP contribution in [0.3, 0.4) is 0 Å². The number of hydrogen-bond acceptors (Lipinski definition) is 3. The van der Waals surface area contributed by atoms with Gasteiger partial charge in [0.05, 0.1) is 12.3 Å². The number of nitrogens with one attached hydrogen (secondary N) is 1. The highest BCUT2D eigenvalue weighted by Crippen LogP contribution is 2.32. The molecule has 0 bridgehead atoms. The predicted molar refractivity (Wildman–Crippen MR) is 68.1 cm³/mol. The first kappa shape index (κ1) is 11.8. The summed E-state index contributed by atoms with van der Waals surface area (Å²) in [5, 5.41) is 2.82. The highest BCUT2D eigenvalue weighted by atomic mass is 16.5. The molecule has 4 heteroatoms. The standard InChI is InChI=1S/C13H18N2O2/c1-8(2)7-17-12-5-9-3-4-13(16)15-11(9)6-10(12)14/h5-6,8H,3-4,7,14H2,1-2H3,(H,15,16). The fourth-order valence-electron chi connectivity index (χ4n) is 1.80. The highest BCUT2D eigenvalue weighted by Gasteiger charge is 2.17. The van der Waals surface area contributed by atoms with Gasteiger partial charge in [-0.05, 0) is 30.0 Å². The molecule has 0 radical (unpaired) electrons. The Morgan fingerprint density at radius 3 is 2.88 bits per heavy atom. The third kappa shape index (κ3) is 2.70. The van der Waals surface area contributed by atoms with E-state index in [0.29, 0.717) is 30.4 Å². The Bertz CT molecular complexity index is 441. The monoisotopic (exact) mass is 234 g/mol. The van der Waals surface area contributed by atoms with E-state index in [0.717, 1.165) is 17.7 Å². The first-order chi connectivity index (χ1) is 8.06. The van der Waals surface area contributed by atoms with Gasteiger partial charge in [0.2, 0.25) is 5.91 Å². The third-order valence-electron chi connectivity index (χ3n) is 2.70. The number of anilines is 2. The number of carbonyl (C=O) groups excluding carboxylic acids is 1. The Kier molecular flexibility index (Phi) is 3.22. The summed E-state index contributed by atoms with van der Waals surface area (Å²) in [5.74, 6) is 1.23. The van der Waals surface area contributed by atoms with Crippen LogP contribution in [0.5, 0.6) is 5.75 Å². The van der Waals surface area contributed by atoms with Gasteiger partial charge in [-0.15, -0.1) is 0 Å². The van der Waals surface area contributed by atoms with Gasteiger partial charge in [-0.25, -0.2) is 0 Å². The molecule has 0 aliphatic carbocycles. The molecule has 92 valence electrons. The molecule has 0 unspecified atom stereocenters. The number of benzene rings is 1. The predicted octanol–water partition coefficient (Wildman–Crippen LogP) is 2.19. The van der Waals surface area contributed by atoms with E-state index in [1.807, 2.05) is 6.07 Å². The van der Waals surface area contributed by atoms with Gasteiger partial charge in [-0.3, -0.25) is 4.79 Å². The first-order valence-corrected chi connectivity index (χ1v) is 5.91. The average Bonchev–Trinajstić information content (AvgIpc) is 2.26. The second kappa shape index (κ2) is 4.65. The van der Waals surface area contributed by atoms with Crippen LogP contribution in [-0.4, -0.2) is 12.5 Å². The van der Waals surface area contributed by atoms with Crippen molar-refractivity contribution in [1.82, 2.24) is 0 Å². The molecule has 1 heterocycles. The fraction of sp³-hybridized carbons (Fsp3) is 0.462. The number of nitrogen functional groups attached to an aromatic ring is 1. The van der Waals surface area contributed by atoms with E-state index >= 15 is 0 Å². The minimum atomic E-state index is 0.0488. The summed E-state index contributed by atoms with van der Waals surface area (Å²) in [6.07, 6.45) is 1.28. The molecule has 2 rings (SSSR count). The van der Waals surface area contributed by atoms with Gasteiger partial charge in [0.15, 0.2) is 0 Å². The molecular weight excluding hydrogens is 216 g/mol. The van der Waals surface area contributed by atoms with Crippen molar-refractivity contribution in [2.75, 3.05) is 17.7 Å². The Labute approximate surface area is 101 Å². The van der Waals surface area contributed by atoms with E-state index in [2.05, 4.69) is 19.2 Å². The Hall–Kier alpha value is -1.71. The molecule has 1 aromatic rings. The molecule has 0 atom stereocenters. The van der Waals surface area contributed by atoms with Gasteiger partial charge < -0.3 is 15.8 Å². The van der Waals surface area contributed by atoms with Crippen molar-refractivity contribution in [1.29, 1.82) is 0 Å². The van der Waals surface area contributed by atoms with Crippen molar-refractivity contribution in [3.63, 3.8) is 0 Å². The first-order valence-electron chi connectivity index (χ1n) is 5.91. The van der Waals surface area contributed by atoms with Crippen molar-refractivity contribution in [2.24, 2.45) is 5.92 Å². The Balaban J connectivity index is 2.22. The van der Waals surface area contributed by atoms with E-state index < -0.39 is 0 Å². The lowest BCUT2D eigenvalue weighted by atomic mass is 10.0. The number of ether oxygens (including phenoxy) is 1. The average molecular weight is 234 g/mol. The molecule has 1 aromatic carbocycles. The van der Waals surface area contributed by atoms with Crippen LogP contribution in [0.25, 0.3) is 0 Å². The SMILES string of the molecule is CC(C)COc1cc2c(cc1N)NC(=O)CC2. The zero-order valence-corrected chi connectivity index (χ0v) is 10.2. The summed E-state index contributed by atoms with van der Waals surface area (Å²) >= 11 is 0. The number of nitrogens with two attached hydrogens (primary N) is 1. The van der Waals surface area contributed by atoms with Crippen LogP contribution >= 0.6 is 0 Å². The Morgan fingerprint density at radius 1 is 1.41 bits per heavy atom. The zero-order valence-electron chi connectivity index (χ0n) is 10.2. The molecule has 1 aliphatic rings. The summed E-state index contributed by atoms with van der Waals surface area (Å²) in [4.78, 5) is 11.3. The summed E-state index contributed by atoms with van der Waals surface area (Å²) in [6, 6.07) is 3.72. The summed E-state index contributed by atoms with van der Waals surface area (Å²) in [7, 11) is 0. The topological polar surface area (TPSA) is 64.3 Å². The molecule has 17 heavy (non-hydrogen) atoms. The maximum atomic E-state index is 11.3. The smallest absolute Gasteiger partial charge is 0.224 e. The molecule has 0 spiro atoms. The molecule has 0 aromatic heterocycles. The van der Waals surface area contributed by atoms with Crippen LogP contribution < -0.4 is 15.8 Å². The second-order valence-corrected chi connectivity index (χ2v) is 4.80. The molecule has 0 saturated carbocycles. The van der Waals surface area contributed by atoms with Crippen LogP contribution in [0, 0.1) is 5.92 Å². The van der Waals surface area contributed by atoms with Crippen LogP contribution in [-0.2, 0) is 11.2 Å². The second-order valence-electron chi connectivity index (χ2n) is 4.80. The fourth-order valence-corrected chi connectivity index (χ4v) is 1.80. The molecule has 0 saturated heterocycles. The molecule has 0 fully saturated rings. The van der Waals surface area contributed by atoms with E-state index in [1.54, 1.807) is 6.07 Å². The molecule has 4 nitrogen and oxygen atoms in total. The van der Waals surface area contributed by atoms with Crippen molar-refractivity contribution < 1.29 is 9.53 Å². The van der Waals surface area contributed by atoms with Crippen molar-refractivity contribution in [3.8, 4) is 5.75 Å². The van der Waals surface area contributed by atoms with Crippen LogP contribution in [0.2, 0.25) is 0 Å². The number of aryl methyl sites for hydroxylation is 1. The highest BCUT2D eigenvalue weighted by molar-refractivity contribution is 5.94. The summed E-state index contributed by atoms with van der Waals surface area (Å²) in [5.41, 5.74) is 8.39. The zero-order chi connectivity index (χ0) is 12.4. The van der Waals surface area contributed by atoms with Gasteiger partial charge in [0.1, 0.15) is 5.75 Å². The van der Waals surface area contributed by atoms with Gasteiger partial charge in [-0.1, -0.05) is 13.8 Å². The van der Waals surface area contributed by atoms with E-state index in [1.165, 1.54) is 0 Å². The minimum absolute atomic E-state index is 0.0488. The molecular formula is C13H18N2O2. The van der Waals surface area contributed by atoms with Crippen LogP contribution in [0.4, 0.5) is 11.4 Å². The van der Waals surface area contributed by atoms with Gasteiger partial charge in [0.25, 0.3) is 0 Å². The van der Waals surface area contributed by atoms with Crippen LogP contribution in [0.1, 0.15) is 25.8 Å². The van der Waals surface area contributed by atoms with Gasteiger partial charge in [-0.2, -0.15) is 0 Å². The summed E-state index contributed by atoms with van der Waals surface area (Å²) < 4.78 is 5.65. The number of hydrogen-bond donors (Lipinski definition) is 2. The lowest BCUT2D eigenvalue weighted by Crippen LogP contribution is -2.19. The third-order valence-corrected chi connectivity index (χ3v) is 2.70. The number of rotatable bonds is 3.